The quantitative estimate of drug-likeness (QED) is 0.592. The molecule has 54 valence electrons. The summed E-state index contributed by atoms with van der Waals surface area (Å²) in [6.07, 6.45) is 4.10. The van der Waals surface area contributed by atoms with Crippen LogP contribution in [0.1, 0.15) is 0 Å². The van der Waals surface area contributed by atoms with Crippen molar-refractivity contribution in [1.29, 1.82) is 0 Å². The summed E-state index contributed by atoms with van der Waals surface area (Å²) in [5, 5.41) is 0. The largest absolute Gasteiger partial charge is 0.287 e. The fourth-order valence-corrected chi connectivity index (χ4v) is 1.16. The third kappa shape index (κ3) is 2.31. The first-order valence-electron chi connectivity index (χ1n) is 3.10. The summed E-state index contributed by atoms with van der Waals surface area (Å²) in [5.74, 6) is 0.954. The van der Waals surface area contributed by atoms with Gasteiger partial charge in [0.25, 0.3) is 0 Å². The van der Waals surface area contributed by atoms with E-state index in [9.17, 15) is 0 Å². The maximum atomic E-state index is 5.44. The molecule has 0 saturated carbocycles. The van der Waals surface area contributed by atoms with Crippen molar-refractivity contribution in [3.8, 4) is 5.75 Å². The second-order valence-corrected chi connectivity index (χ2v) is 3.79. The molecule has 1 nitrogen and oxygen atoms in total. The van der Waals surface area contributed by atoms with E-state index >= 15 is 0 Å². The lowest BCUT2D eigenvalue weighted by Crippen LogP contribution is -2.03. The van der Waals surface area contributed by atoms with Crippen molar-refractivity contribution >= 4 is 11.2 Å². The van der Waals surface area contributed by atoms with E-state index < -0.39 is 0 Å². The number of benzene rings is 1. The molecule has 0 aromatic heterocycles. The zero-order valence-corrected chi connectivity index (χ0v) is 7.02. The number of rotatable bonds is 2. The lowest BCUT2D eigenvalue weighted by atomic mass is 10.3. The fourth-order valence-electron chi connectivity index (χ4n) is 0.669. The van der Waals surface area contributed by atoms with Crippen LogP contribution in [-0.4, -0.2) is 12.5 Å². The van der Waals surface area contributed by atoms with Crippen LogP contribution < -0.4 is 4.18 Å². The van der Waals surface area contributed by atoms with Gasteiger partial charge in [-0.05, 0) is 12.1 Å². The van der Waals surface area contributed by atoms with E-state index in [1.54, 1.807) is 0 Å². The highest BCUT2D eigenvalue weighted by molar-refractivity contribution is 7.91. The smallest absolute Gasteiger partial charge is 0.191 e. The van der Waals surface area contributed by atoms with Crippen molar-refractivity contribution in [1.82, 2.24) is 0 Å². The van der Waals surface area contributed by atoms with Gasteiger partial charge in [-0.2, -0.15) is 0 Å². The molecule has 1 aromatic carbocycles. The Morgan fingerprint density at radius 3 is 2.20 bits per heavy atom. The van der Waals surface area contributed by atoms with Crippen LogP contribution in [0.2, 0.25) is 0 Å². The lowest BCUT2D eigenvalue weighted by molar-refractivity contribution is 0.635. The zero-order chi connectivity index (χ0) is 7.40. The van der Waals surface area contributed by atoms with Crippen molar-refractivity contribution in [2.45, 2.75) is 0 Å². The molecule has 0 aliphatic carbocycles. The maximum absolute atomic E-state index is 5.44. The minimum Gasteiger partial charge on any atom is -0.287 e. The molecule has 1 rings (SSSR count). The molecule has 0 aliphatic heterocycles. The van der Waals surface area contributed by atoms with Crippen molar-refractivity contribution in [3.05, 3.63) is 30.3 Å². The van der Waals surface area contributed by atoms with Gasteiger partial charge in [-0.1, -0.05) is 18.2 Å². The van der Waals surface area contributed by atoms with Crippen LogP contribution in [0, 0.1) is 0 Å². The molecule has 2 heteroatoms. The van der Waals surface area contributed by atoms with Gasteiger partial charge < -0.3 is 0 Å². The second kappa shape index (κ2) is 3.52. The predicted molar refractivity (Wildman–Crippen MR) is 46.3 cm³/mol. The first-order chi connectivity index (χ1) is 4.79. The van der Waals surface area contributed by atoms with Gasteiger partial charge in [-0.25, -0.2) is 0 Å². The van der Waals surface area contributed by atoms with Gasteiger partial charge >= 0.3 is 0 Å². The van der Waals surface area contributed by atoms with E-state index in [1.165, 1.54) is 0 Å². The predicted octanol–water partition coefficient (Wildman–Crippen LogP) is 1.86. The third-order valence-corrected chi connectivity index (χ3v) is 1.53. The molecule has 0 unspecified atom stereocenters. The normalized spacial score (nSPS) is 9.90. The highest BCUT2D eigenvalue weighted by Gasteiger charge is 2.03. The summed E-state index contributed by atoms with van der Waals surface area (Å²) in [6.45, 7) is 0. The molecule has 0 spiro atoms. The molecule has 0 heterocycles. The topological polar surface area (TPSA) is 9.23 Å². The van der Waals surface area contributed by atoms with E-state index in [1.807, 2.05) is 42.8 Å². The molecular formula is C8H11OS+. The summed E-state index contributed by atoms with van der Waals surface area (Å²) in [4.78, 5) is 0. The second-order valence-electron chi connectivity index (χ2n) is 2.14. The van der Waals surface area contributed by atoms with Gasteiger partial charge in [-0.15, -0.1) is 0 Å². The van der Waals surface area contributed by atoms with Crippen LogP contribution in [0.3, 0.4) is 0 Å². The summed E-state index contributed by atoms with van der Waals surface area (Å²) in [5.41, 5.74) is 0. The van der Waals surface area contributed by atoms with Gasteiger partial charge in [0.2, 0.25) is 0 Å². The highest BCUT2D eigenvalue weighted by atomic mass is 32.2. The molecule has 0 N–H and O–H groups in total. The first-order valence-corrected chi connectivity index (χ1v) is 5.06. The monoisotopic (exact) mass is 155 g/mol. The van der Waals surface area contributed by atoms with E-state index in [0.717, 1.165) is 5.75 Å². The Morgan fingerprint density at radius 2 is 1.70 bits per heavy atom. The Morgan fingerprint density at radius 1 is 1.10 bits per heavy atom. The average molecular weight is 155 g/mol. The van der Waals surface area contributed by atoms with E-state index in [2.05, 4.69) is 0 Å². The van der Waals surface area contributed by atoms with Gasteiger partial charge in [0.15, 0.2) is 16.9 Å². The molecule has 0 atom stereocenters. The van der Waals surface area contributed by atoms with E-state index in [4.69, 9.17) is 4.18 Å². The van der Waals surface area contributed by atoms with Gasteiger partial charge in [0, 0.05) is 0 Å². The van der Waals surface area contributed by atoms with Crippen molar-refractivity contribution in [3.63, 3.8) is 0 Å². The summed E-state index contributed by atoms with van der Waals surface area (Å²) >= 11 is 0.0335. The summed E-state index contributed by atoms with van der Waals surface area (Å²) in [6, 6.07) is 9.86. The minimum atomic E-state index is 0.0335. The fraction of sp³-hybridized carbons (Fsp3) is 0.250. The molecule has 10 heavy (non-hydrogen) atoms. The SMILES string of the molecule is C[S+](C)Oc1ccccc1. The van der Waals surface area contributed by atoms with E-state index in [-0.39, 0.29) is 11.2 Å². The Labute approximate surface area is 64.6 Å². The summed E-state index contributed by atoms with van der Waals surface area (Å²) in [7, 11) is 0. The van der Waals surface area contributed by atoms with Crippen LogP contribution in [0.15, 0.2) is 30.3 Å². The highest BCUT2D eigenvalue weighted by Crippen LogP contribution is 2.10. The number of hydrogen-bond donors (Lipinski definition) is 0. The molecule has 0 radical (unpaired) electrons. The average Bonchev–Trinajstić information content (AvgIpc) is 1.88. The van der Waals surface area contributed by atoms with Crippen LogP contribution in [0.25, 0.3) is 0 Å². The Kier molecular flexibility index (Phi) is 2.63. The molecule has 0 aliphatic rings. The molecule has 0 amide bonds. The van der Waals surface area contributed by atoms with Gasteiger partial charge in [0.1, 0.15) is 12.5 Å². The van der Waals surface area contributed by atoms with Crippen molar-refractivity contribution < 1.29 is 4.18 Å². The van der Waals surface area contributed by atoms with Gasteiger partial charge in [-0.3, -0.25) is 4.18 Å². The van der Waals surface area contributed by atoms with Crippen LogP contribution >= 0.6 is 0 Å². The molecular weight excluding hydrogens is 144 g/mol. The molecule has 0 saturated heterocycles. The molecule has 1 aromatic rings. The lowest BCUT2D eigenvalue weighted by Gasteiger charge is -1.96. The van der Waals surface area contributed by atoms with E-state index in [0.29, 0.717) is 0 Å². The van der Waals surface area contributed by atoms with Crippen LogP contribution in [0.5, 0.6) is 5.75 Å². The van der Waals surface area contributed by atoms with Crippen molar-refractivity contribution in [2.24, 2.45) is 0 Å². The van der Waals surface area contributed by atoms with Crippen LogP contribution in [-0.2, 0) is 11.2 Å². The number of para-hydroxylation sites is 1. The zero-order valence-electron chi connectivity index (χ0n) is 6.20. The Hall–Kier alpha value is -0.630. The Bertz CT molecular complexity index is 184. The third-order valence-electron chi connectivity index (χ3n) is 1.01. The summed E-state index contributed by atoms with van der Waals surface area (Å²) < 4.78 is 5.44. The molecule has 0 bridgehead atoms. The van der Waals surface area contributed by atoms with Crippen molar-refractivity contribution in [2.75, 3.05) is 12.5 Å². The molecule has 0 fully saturated rings. The minimum absolute atomic E-state index is 0.0335. The Balaban J connectivity index is 2.59. The van der Waals surface area contributed by atoms with Gasteiger partial charge in [0.05, 0.1) is 0 Å². The number of hydrogen-bond acceptors (Lipinski definition) is 1. The maximum Gasteiger partial charge on any atom is 0.191 e. The van der Waals surface area contributed by atoms with Crippen LogP contribution in [0.4, 0.5) is 0 Å². The first kappa shape index (κ1) is 7.48. The standard InChI is InChI=1S/C8H11OS/c1-10(2)9-8-6-4-3-5-7-8/h3-7H,1-2H3/q+1.